The Balaban J connectivity index is 1.76. The number of hydrogen-bond donors (Lipinski definition) is 1. The van der Waals surface area contributed by atoms with Gasteiger partial charge in [-0.3, -0.25) is 4.79 Å². The third-order valence-electron chi connectivity index (χ3n) is 4.40. The van der Waals surface area contributed by atoms with Crippen molar-refractivity contribution in [3.05, 3.63) is 33.8 Å². The lowest BCUT2D eigenvalue weighted by atomic mass is 9.99. The van der Waals surface area contributed by atoms with Gasteiger partial charge in [-0.25, -0.2) is 0 Å². The molecule has 0 bridgehead atoms. The lowest BCUT2D eigenvalue weighted by Gasteiger charge is -2.32. The number of benzene rings is 1. The number of halogens is 2. The van der Waals surface area contributed by atoms with Gasteiger partial charge in [-0.1, -0.05) is 29.3 Å². The third-order valence-corrected chi connectivity index (χ3v) is 8.00. The van der Waals surface area contributed by atoms with Crippen LogP contribution in [0.25, 0.3) is 0 Å². The highest BCUT2D eigenvalue weighted by molar-refractivity contribution is 7.98. The average molecular weight is 454 g/mol. The minimum atomic E-state index is -3.48. The van der Waals surface area contributed by atoms with Gasteiger partial charge in [0.1, 0.15) is 0 Å². The Labute approximate surface area is 175 Å². The number of amides is 1. The summed E-state index contributed by atoms with van der Waals surface area (Å²) in [4.78, 5) is 12.4. The van der Waals surface area contributed by atoms with E-state index in [2.05, 4.69) is 5.32 Å². The molecule has 0 aliphatic carbocycles. The molecule has 1 aliphatic rings. The van der Waals surface area contributed by atoms with Crippen LogP contribution in [0.1, 0.15) is 18.4 Å². The van der Waals surface area contributed by atoms with E-state index in [1.807, 2.05) is 18.2 Å². The molecule has 1 N–H and O–H groups in total. The van der Waals surface area contributed by atoms with Crippen molar-refractivity contribution in [3.8, 4) is 0 Å². The van der Waals surface area contributed by atoms with Crippen LogP contribution in [0.15, 0.2) is 18.2 Å². The Kier molecular flexibility index (Phi) is 8.70. The van der Waals surface area contributed by atoms with Crippen LogP contribution in [-0.4, -0.2) is 62.4 Å². The number of hydrogen-bond acceptors (Lipinski definition) is 4. The fraction of sp³-hybridized carbons (Fsp3) is 0.588. The molecule has 1 atom stereocenters. The Bertz CT molecular complexity index is 740. The molecule has 27 heavy (non-hydrogen) atoms. The first-order chi connectivity index (χ1) is 12.7. The van der Waals surface area contributed by atoms with Crippen LogP contribution < -0.4 is 5.32 Å². The standard InChI is InChI=1S/C17H25Cl2N3O3S2/c1-21(2)27(24,25)22-9-4-5-13(11-22)17(23)20-8-10-26-12-14-15(18)6-3-7-16(14)19/h3,6-7,13H,4-5,8-12H2,1-2H3,(H,20,23). The Morgan fingerprint density at radius 1 is 1.33 bits per heavy atom. The van der Waals surface area contributed by atoms with E-state index in [-0.39, 0.29) is 18.4 Å². The topological polar surface area (TPSA) is 69.7 Å². The lowest BCUT2D eigenvalue weighted by Crippen LogP contribution is -2.49. The first-order valence-electron chi connectivity index (χ1n) is 8.69. The van der Waals surface area contributed by atoms with E-state index in [1.165, 1.54) is 22.7 Å². The van der Waals surface area contributed by atoms with Gasteiger partial charge in [-0.2, -0.15) is 28.8 Å². The first kappa shape index (κ1) is 22.8. The van der Waals surface area contributed by atoms with Gasteiger partial charge in [0.2, 0.25) is 5.91 Å². The fourth-order valence-electron chi connectivity index (χ4n) is 2.83. The SMILES string of the molecule is CN(C)S(=O)(=O)N1CCCC(C(=O)NCCSCc2c(Cl)cccc2Cl)C1. The molecule has 1 aromatic rings. The molecule has 1 heterocycles. The zero-order valence-electron chi connectivity index (χ0n) is 15.5. The van der Waals surface area contributed by atoms with E-state index >= 15 is 0 Å². The number of carbonyl (C=O) groups excluding carboxylic acids is 1. The summed E-state index contributed by atoms with van der Waals surface area (Å²) in [7, 11) is -0.474. The van der Waals surface area contributed by atoms with Crippen LogP contribution in [0.4, 0.5) is 0 Å². The van der Waals surface area contributed by atoms with Gasteiger partial charge in [0, 0.05) is 55.3 Å². The average Bonchev–Trinajstić information content (AvgIpc) is 2.63. The molecule has 152 valence electrons. The van der Waals surface area contributed by atoms with Gasteiger partial charge in [-0.05, 0) is 30.5 Å². The predicted molar refractivity (Wildman–Crippen MR) is 113 cm³/mol. The monoisotopic (exact) mass is 453 g/mol. The summed E-state index contributed by atoms with van der Waals surface area (Å²) >= 11 is 13.9. The van der Waals surface area contributed by atoms with E-state index < -0.39 is 10.2 Å². The molecule has 1 aromatic carbocycles. The van der Waals surface area contributed by atoms with Gasteiger partial charge in [0.25, 0.3) is 10.2 Å². The zero-order chi connectivity index (χ0) is 20.0. The van der Waals surface area contributed by atoms with Crippen molar-refractivity contribution in [2.75, 3.05) is 39.5 Å². The van der Waals surface area contributed by atoms with Gasteiger partial charge in [0.05, 0.1) is 5.92 Å². The van der Waals surface area contributed by atoms with E-state index in [1.54, 1.807) is 11.8 Å². The predicted octanol–water partition coefficient (Wildman–Crippen LogP) is 2.86. The van der Waals surface area contributed by atoms with Crippen LogP contribution >= 0.6 is 35.0 Å². The van der Waals surface area contributed by atoms with Crippen LogP contribution in [0.5, 0.6) is 0 Å². The van der Waals surface area contributed by atoms with Crippen molar-refractivity contribution in [1.82, 2.24) is 13.9 Å². The summed E-state index contributed by atoms with van der Waals surface area (Å²) in [5.74, 6) is 0.994. The molecular weight excluding hydrogens is 429 g/mol. The fourth-order valence-corrected chi connectivity index (χ4v) is 5.62. The Hall–Kier alpha value is -0.510. The van der Waals surface area contributed by atoms with Crippen molar-refractivity contribution in [2.45, 2.75) is 18.6 Å². The second kappa shape index (κ2) is 10.3. The highest BCUT2D eigenvalue weighted by Gasteiger charge is 2.33. The van der Waals surface area contributed by atoms with Crippen molar-refractivity contribution in [1.29, 1.82) is 0 Å². The third kappa shape index (κ3) is 6.24. The molecule has 1 unspecified atom stereocenters. The second-order valence-electron chi connectivity index (χ2n) is 6.53. The summed E-state index contributed by atoms with van der Waals surface area (Å²) in [5, 5.41) is 4.19. The Morgan fingerprint density at radius 2 is 2.00 bits per heavy atom. The molecular formula is C17H25Cl2N3O3S2. The molecule has 1 fully saturated rings. The number of rotatable bonds is 8. The summed E-state index contributed by atoms with van der Waals surface area (Å²) in [6.07, 6.45) is 1.39. The number of nitrogens with zero attached hydrogens (tertiary/aromatic N) is 2. The maximum Gasteiger partial charge on any atom is 0.281 e. The summed E-state index contributed by atoms with van der Waals surface area (Å²) < 4.78 is 27.0. The van der Waals surface area contributed by atoms with Crippen molar-refractivity contribution in [3.63, 3.8) is 0 Å². The van der Waals surface area contributed by atoms with Crippen molar-refractivity contribution < 1.29 is 13.2 Å². The number of piperidine rings is 1. The quantitative estimate of drug-likeness (QED) is 0.614. The summed E-state index contributed by atoms with van der Waals surface area (Å²) in [6.45, 7) is 1.20. The summed E-state index contributed by atoms with van der Waals surface area (Å²) in [6, 6.07) is 5.42. The number of thioether (sulfide) groups is 1. The molecule has 0 aromatic heterocycles. The van der Waals surface area contributed by atoms with Crippen LogP contribution in [0, 0.1) is 5.92 Å². The first-order valence-corrected chi connectivity index (χ1v) is 12.0. The number of nitrogens with one attached hydrogen (secondary N) is 1. The van der Waals surface area contributed by atoms with Gasteiger partial charge in [0.15, 0.2) is 0 Å². The highest BCUT2D eigenvalue weighted by Crippen LogP contribution is 2.28. The molecule has 1 amide bonds. The molecule has 0 saturated carbocycles. The molecule has 0 spiro atoms. The molecule has 6 nitrogen and oxygen atoms in total. The van der Waals surface area contributed by atoms with Crippen molar-refractivity contribution >= 4 is 51.1 Å². The smallest absolute Gasteiger partial charge is 0.281 e. The minimum Gasteiger partial charge on any atom is -0.355 e. The maximum atomic E-state index is 12.4. The van der Waals surface area contributed by atoms with E-state index in [0.717, 1.165) is 11.3 Å². The zero-order valence-corrected chi connectivity index (χ0v) is 18.6. The summed E-state index contributed by atoms with van der Waals surface area (Å²) in [5.41, 5.74) is 0.897. The molecule has 10 heteroatoms. The maximum absolute atomic E-state index is 12.4. The largest absolute Gasteiger partial charge is 0.355 e. The van der Waals surface area contributed by atoms with Gasteiger partial charge < -0.3 is 5.32 Å². The van der Waals surface area contributed by atoms with Gasteiger partial charge in [-0.15, -0.1) is 0 Å². The van der Waals surface area contributed by atoms with Crippen molar-refractivity contribution in [2.24, 2.45) is 5.92 Å². The Morgan fingerprint density at radius 3 is 2.63 bits per heavy atom. The van der Waals surface area contributed by atoms with Crippen LogP contribution in [-0.2, 0) is 20.8 Å². The molecule has 2 rings (SSSR count). The molecule has 0 radical (unpaired) electrons. The highest BCUT2D eigenvalue weighted by atomic mass is 35.5. The molecule has 1 saturated heterocycles. The second-order valence-corrected chi connectivity index (χ2v) is 10.6. The lowest BCUT2D eigenvalue weighted by molar-refractivity contribution is -0.125. The van der Waals surface area contributed by atoms with Crippen LogP contribution in [0.2, 0.25) is 10.0 Å². The normalized spacial score (nSPS) is 18.6. The van der Waals surface area contributed by atoms with E-state index in [9.17, 15) is 13.2 Å². The van der Waals surface area contributed by atoms with E-state index in [0.29, 0.717) is 41.7 Å². The number of carbonyl (C=O) groups is 1. The van der Waals surface area contributed by atoms with E-state index in [4.69, 9.17) is 23.2 Å². The molecule has 1 aliphatic heterocycles. The van der Waals surface area contributed by atoms with Crippen LogP contribution in [0.3, 0.4) is 0 Å². The minimum absolute atomic E-state index is 0.0926. The van der Waals surface area contributed by atoms with Gasteiger partial charge >= 0.3 is 0 Å².